The van der Waals surface area contributed by atoms with Crippen molar-refractivity contribution in [2.45, 2.75) is 6.54 Å². The van der Waals surface area contributed by atoms with Crippen molar-refractivity contribution < 1.29 is 9.57 Å². The number of fused-ring (bicyclic) bond motifs is 1. The van der Waals surface area contributed by atoms with E-state index < -0.39 is 0 Å². The molecule has 1 aromatic heterocycles. The maximum Gasteiger partial charge on any atom is 0.0916 e. The number of ether oxygens (including phenoxy) is 1. The molecule has 2 N–H and O–H groups in total. The average Bonchev–Trinajstić information content (AvgIpc) is 2.76. The van der Waals surface area contributed by atoms with Crippen LogP contribution in [0, 0.1) is 0 Å². The number of hydrogen-bond donors (Lipinski definition) is 2. The number of rotatable bonds is 6. The number of aromatic nitrogens is 1. The van der Waals surface area contributed by atoms with Crippen molar-refractivity contribution in [3.8, 4) is 0 Å². The van der Waals surface area contributed by atoms with E-state index in [2.05, 4.69) is 34.7 Å². The van der Waals surface area contributed by atoms with Crippen LogP contribution in [0.1, 0.15) is 5.56 Å². The van der Waals surface area contributed by atoms with Crippen LogP contribution in [0.2, 0.25) is 0 Å². The van der Waals surface area contributed by atoms with E-state index in [0.717, 1.165) is 5.52 Å². The fourth-order valence-electron chi connectivity index (χ4n) is 1.54. The molecule has 0 fully saturated rings. The molecule has 4 nitrogen and oxygen atoms in total. The molecule has 2 rings (SSSR count). The van der Waals surface area contributed by atoms with Gasteiger partial charge in [-0.1, -0.05) is 12.1 Å². The van der Waals surface area contributed by atoms with Crippen LogP contribution in [0.5, 0.6) is 0 Å². The van der Waals surface area contributed by atoms with E-state index in [9.17, 15) is 0 Å². The van der Waals surface area contributed by atoms with Gasteiger partial charge in [-0.05, 0) is 23.1 Å². The summed E-state index contributed by atoms with van der Waals surface area (Å²) in [7, 11) is 1.66. The molecular formula is C12H16N2O2. The molecule has 0 aliphatic heterocycles. The fourth-order valence-corrected chi connectivity index (χ4v) is 1.54. The molecule has 0 saturated carbocycles. The minimum atomic E-state index is 0.557. The maximum absolute atomic E-state index is 5.19. The lowest BCUT2D eigenvalue weighted by atomic mass is 10.2. The number of methoxy groups -OCH3 is 1. The molecule has 0 unspecified atom stereocenters. The monoisotopic (exact) mass is 220 g/mol. The molecule has 0 bridgehead atoms. The summed E-state index contributed by atoms with van der Waals surface area (Å²) in [5.74, 6) is 0. The third kappa shape index (κ3) is 2.82. The first-order valence-corrected chi connectivity index (χ1v) is 5.30. The van der Waals surface area contributed by atoms with Crippen LogP contribution in [0.3, 0.4) is 0 Å². The standard InChI is InChI=1S/C12H16N2O2/c1-15-6-7-16-14-9-10-2-3-11-4-5-13-12(11)8-10/h2-5,8,13-14H,6-7,9H2,1H3. The van der Waals surface area contributed by atoms with E-state index in [1.165, 1.54) is 10.9 Å². The van der Waals surface area contributed by atoms with Gasteiger partial charge in [0.2, 0.25) is 0 Å². The first-order valence-electron chi connectivity index (χ1n) is 5.30. The quantitative estimate of drug-likeness (QED) is 0.576. The third-order valence-corrected chi connectivity index (χ3v) is 2.39. The van der Waals surface area contributed by atoms with Gasteiger partial charge in [-0.3, -0.25) is 4.84 Å². The molecule has 0 saturated heterocycles. The van der Waals surface area contributed by atoms with E-state index in [1.54, 1.807) is 7.11 Å². The molecule has 0 aliphatic carbocycles. The molecule has 86 valence electrons. The number of nitrogens with one attached hydrogen (secondary N) is 2. The Balaban J connectivity index is 1.84. The zero-order chi connectivity index (χ0) is 11.2. The molecule has 0 atom stereocenters. The zero-order valence-corrected chi connectivity index (χ0v) is 9.32. The van der Waals surface area contributed by atoms with Gasteiger partial charge in [-0.15, -0.1) is 0 Å². The second-order valence-corrected chi connectivity index (χ2v) is 3.56. The van der Waals surface area contributed by atoms with Crippen molar-refractivity contribution in [2.75, 3.05) is 20.3 Å². The van der Waals surface area contributed by atoms with Crippen molar-refractivity contribution in [2.24, 2.45) is 0 Å². The summed E-state index contributed by atoms with van der Waals surface area (Å²) in [5, 5.41) is 1.23. The van der Waals surface area contributed by atoms with Crippen molar-refractivity contribution in [3.63, 3.8) is 0 Å². The van der Waals surface area contributed by atoms with Crippen molar-refractivity contribution in [1.82, 2.24) is 10.5 Å². The number of benzene rings is 1. The summed E-state index contributed by atoms with van der Waals surface area (Å²) in [6, 6.07) is 8.35. The predicted molar refractivity (Wildman–Crippen MR) is 63.0 cm³/mol. The van der Waals surface area contributed by atoms with Crippen LogP contribution >= 0.6 is 0 Å². The van der Waals surface area contributed by atoms with Crippen molar-refractivity contribution >= 4 is 10.9 Å². The van der Waals surface area contributed by atoms with Gasteiger partial charge < -0.3 is 9.72 Å². The summed E-state index contributed by atoms with van der Waals surface area (Å²) >= 11 is 0. The van der Waals surface area contributed by atoms with E-state index in [4.69, 9.17) is 9.57 Å². The maximum atomic E-state index is 5.19. The Kier molecular flexibility index (Phi) is 3.93. The van der Waals surface area contributed by atoms with E-state index in [-0.39, 0.29) is 0 Å². The van der Waals surface area contributed by atoms with Gasteiger partial charge in [-0.25, -0.2) is 0 Å². The Bertz CT molecular complexity index is 439. The summed E-state index contributed by atoms with van der Waals surface area (Å²) < 4.78 is 4.87. The molecule has 0 aliphatic rings. The lowest BCUT2D eigenvalue weighted by Crippen LogP contribution is -2.17. The fraction of sp³-hybridized carbons (Fsp3) is 0.333. The molecule has 1 heterocycles. The van der Waals surface area contributed by atoms with Gasteiger partial charge in [0.05, 0.1) is 13.2 Å². The molecule has 4 heteroatoms. The van der Waals surface area contributed by atoms with Crippen LogP contribution < -0.4 is 5.48 Å². The Hall–Kier alpha value is -1.36. The van der Waals surface area contributed by atoms with Crippen molar-refractivity contribution in [1.29, 1.82) is 0 Å². The van der Waals surface area contributed by atoms with Gasteiger partial charge in [0.1, 0.15) is 0 Å². The normalized spacial score (nSPS) is 11.1. The highest BCUT2D eigenvalue weighted by molar-refractivity contribution is 5.79. The van der Waals surface area contributed by atoms with Gasteiger partial charge in [0, 0.05) is 25.4 Å². The van der Waals surface area contributed by atoms with Crippen LogP contribution in [0.4, 0.5) is 0 Å². The number of hydroxylamine groups is 1. The smallest absolute Gasteiger partial charge is 0.0916 e. The molecule has 2 aromatic rings. The number of H-pyrrole nitrogens is 1. The van der Waals surface area contributed by atoms with Gasteiger partial charge in [-0.2, -0.15) is 5.48 Å². The van der Waals surface area contributed by atoms with E-state index >= 15 is 0 Å². The minimum absolute atomic E-state index is 0.557. The lowest BCUT2D eigenvalue weighted by Gasteiger charge is -2.05. The number of aromatic amines is 1. The molecule has 1 aromatic carbocycles. The number of hydrogen-bond acceptors (Lipinski definition) is 3. The van der Waals surface area contributed by atoms with Crippen LogP contribution in [-0.2, 0) is 16.1 Å². The average molecular weight is 220 g/mol. The highest BCUT2D eigenvalue weighted by Gasteiger charge is 1.97. The molecule has 0 amide bonds. The van der Waals surface area contributed by atoms with E-state index in [0.29, 0.717) is 19.8 Å². The largest absolute Gasteiger partial charge is 0.382 e. The van der Waals surface area contributed by atoms with Crippen LogP contribution in [-0.4, -0.2) is 25.3 Å². The Morgan fingerprint density at radius 1 is 1.25 bits per heavy atom. The zero-order valence-electron chi connectivity index (χ0n) is 9.32. The lowest BCUT2D eigenvalue weighted by molar-refractivity contribution is 0.00348. The van der Waals surface area contributed by atoms with Gasteiger partial charge >= 0.3 is 0 Å². The topological polar surface area (TPSA) is 46.3 Å². The Labute approximate surface area is 94.5 Å². The first kappa shape index (κ1) is 11.1. The highest BCUT2D eigenvalue weighted by Crippen LogP contribution is 2.13. The van der Waals surface area contributed by atoms with Crippen molar-refractivity contribution in [3.05, 3.63) is 36.0 Å². The summed E-state index contributed by atoms with van der Waals surface area (Å²) in [6.45, 7) is 1.85. The van der Waals surface area contributed by atoms with E-state index in [1.807, 2.05) is 6.20 Å². The highest BCUT2D eigenvalue weighted by atomic mass is 16.7. The van der Waals surface area contributed by atoms with Crippen LogP contribution in [0.25, 0.3) is 10.9 Å². The first-order chi connectivity index (χ1) is 7.90. The van der Waals surface area contributed by atoms with Crippen LogP contribution in [0.15, 0.2) is 30.5 Å². The predicted octanol–water partition coefficient (Wildman–Crippen LogP) is 1.84. The second-order valence-electron chi connectivity index (χ2n) is 3.56. The molecular weight excluding hydrogens is 204 g/mol. The molecule has 0 spiro atoms. The Morgan fingerprint density at radius 3 is 3.06 bits per heavy atom. The molecule has 16 heavy (non-hydrogen) atoms. The summed E-state index contributed by atoms with van der Waals surface area (Å²) in [5.41, 5.74) is 5.24. The van der Waals surface area contributed by atoms with Gasteiger partial charge in [0.15, 0.2) is 0 Å². The summed E-state index contributed by atoms with van der Waals surface area (Å²) in [4.78, 5) is 8.37. The SMILES string of the molecule is COCCONCc1ccc2cc[nH]c2c1. The second kappa shape index (κ2) is 5.65. The third-order valence-electron chi connectivity index (χ3n) is 2.39. The van der Waals surface area contributed by atoms with Gasteiger partial charge in [0.25, 0.3) is 0 Å². The molecule has 0 radical (unpaired) electrons. The summed E-state index contributed by atoms with van der Waals surface area (Å²) in [6.07, 6.45) is 1.94. The Morgan fingerprint density at radius 2 is 2.19 bits per heavy atom. The minimum Gasteiger partial charge on any atom is -0.382 e.